The van der Waals surface area contributed by atoms with Gasteiger partial charge in [-0.2, -0.15) is 0 Å². The zero-order valence-corrected chi connectivity index (χ0v) is 9.91. The Morgan fingerprint density at radius 1 is 1.35 bits per heavy atom. The highest BCUT2D eigenvalue weighted by atomic mass is 16.3. The first-order chi connectivity index (χ1) is 8.43. The topological polar surface area (TPSA) is 37.2 Å². The number of furan rings is 1. The quantitative estimate of drug-likeness (QED) is 0.851. The third kappa shape index (κ3) is 2.29. The maximum absolute atomic E-state index is 5.51. The van der Waals surface area contributed by atoms with E-state index in [4.69, 9.17) is 4.42 Å². The largest absolute Gasteiger partial charge is 0.462 e. The molecule has 2 N–H and O–H groups in total. The summed E-state index contributed by atoms with van der Waals surface area (Å²) in [6.45, 7) is 3.32. The van der Waals surface area contributed by atoms with Crippen LogP contribution in [-0.4, -0.2) is 19.6 Å². The van der Waals surface area contributed by atoms with Gasteiger partial charge in [0.25, 0.3) is 0 Å². The van der Waals surface area contributed by atoms with E-state index in [0.717, 1.165) is 30.3 Å². The molecule has 1 aromatic carbocycles. The van der Waals surface area contributed by atoms with Gasteiger partial charge in [0.15, 0.2) is 0 Å². The number of piperidine rings is 1. The van der Waals surface area contributed by atoms with Gasteiger partial charge in [0.05, 0.1) is 5.69 Å². The Bertz CT molecular complexity index is 486. The molecule has 3 nitrogen and oxygen atoms in total. The van der Waals surface area contributed by atoms with E-state index >= 15 is 0 Å². The average Bonchev–Trinajstić information content (AvgIpc) is 2.81. The molecule has 1 unspecified atom stereocenters. The number of hydrogen-bond donors (Lipinski definition) is 2. The summed E-state index contributed by atoms with van der Waals surface area (Å²) in [7, 11) is 0. The summed E-state index contributed by atoms with van der Waals surface area (Å²) < 4.78 is 5.51. The van der Waals surface area contributed by atoms with Crippen molar-refractivity contribution in [3.63, 3.8) is 0 Å². The molecule has 0 bridgehead atoms. The van der Waals surface area contributed by atoms with Gasteiger partial charge in [0.1, 0.15) is 11.8 Å². The first-order valence-corrected chi connectivity index (χ1v) is 6.34. The molecule has 2 heterocycles. The maximum atomic E-state index is 5.51. The molecular formula is C14H18N2O. The summed E-state index contributed by atoms with van der Waals surface area (Å²) in [5, 5.41) is 8.12. The second-order valence-electron chi connectivity index (χ2n) is 4.74. The number of fused-ring (bicyclic) bond motifs is 1. The molecule has 0 amide bonds. The van der Waals surface area contributed by atoms with E-state index in [9.17, 15) is 0 Å². The molecule has 1 aliphatic heterocycles. The molecule has 1 fully saturated rings. The van der Waals surface area contributed by atoms with Gasteiger partial charge in [-0.25, -0.2) is 0 Å². The minimum Gasteiger partial charge on any atom is -0.462 e. The smallest absolute Gasteiger partial charge is 0.136 e. The second kappa shape index (κ2) is 4.80. The van der Waals surface area contributed by atoms with Crippen LogP contribution < -0.4 is 10.6 Å². The summed E-state index contributed by atoms with van der Waals surface area (Å²) >= 11 is 0. The van der Waals surface area contributed by atoms with Crippen LogP contribution in [-0.2, 0) is 0 Å². The van der Waals surface area contributed by atoms with Crippen LogP contribution >= 0.6 is 0 Å². The van der Waals surface area contributed by atoms with Crippen LogP contribution in [0.25, 0.3) is 11.0 Å². The van der Waals surface area contributed by atoms with Crippen molar-refractivity contribution in [2.75, 3.05) is 25.0 Å². The van der Waals surface area contributed by atoms with Crippen molar-refractivity contribution in [1.29, 1.82) is 0 Å². The maximum Gasteiger partial charge on any atom is 0.136 e. The highest BCUT2D eigenvalue weighted by Gasteiger charge is 2.13. The fourth-order valence-corrected chi connectivity index (χ4v) is 2.47. The van der Waals surface area contributed by atoms with E-state index in [1.807, 2.05) is 24.5 Å². The summed E-state index contributed by atoms with van der Waals surface area (Å²) in [4.78, 5) is 0. The first kappa shape index (κ1) is 10.7. The molecule has 1 saturated heterocycles. The third-order valence-corrected chi connectivity index (χ3v) is 3.46. The highest BCUT2D eigenvalue weighted by molar-refractivity contribution is 5.90. The van der Waals surface area contributed by atoms with E-state index in [1.165, 1.54) is 24.8 Å². The standard InChI is InChI=1S/C14H18N2O/c1-2-6-14-12(5-1)13(10-17-14)16-9-11-4-3-7-15-8-11/h1-2,5-6,10-11,15-16H,3-4,7-9H2. The minimum absolute atomic E-state index is 0.734. The molecule has 0 radical (unpaired) electrons. The van der Waals surface area contributed by atoms with Gasteiger partial charge in [-0.15, -0.1) is 0 Å². The van der Waals surface area contributed by atoms with Gasteiger partial charge in [-0.3, -0.25) is 0 Å². The van der Waals surface area contributed by atoms with Gasteiger partial charge in [-0.1, -0.05) is 12.1 Å². The average molecular weight is 230 g/mol. The molecule has 90 valence electrons. The summed E-state index contributed by atoms with van der Waals surface area (Å²) in [6.07, 6.45) is 4.43. The number of para-hydroxylation sites is 1. The molecule has 3 heteroatoms. The Hall–Kier alpha value is -1.48. The Morgan fingerprint density at radius 3 is 3.18 bits per heavy atom. The van der Waals surface area contributed by atoms with Gasteiger partial charge in [0.2, 0.25) is 0 Å². The van der Waals surface area contributed by atoms with Crippen molar-refractivity contribution < 1.29 is 4.42 Å². The van der Waals surface area contributed by atoms with E-state index in [2.05, 4.69) is 16.7 Å². The molecule has 17 heavy (non-hydrogen) atoms. The number of rotatable bonds is 3. The second-order valence-corrected chi connectivity index (χ2v) is 4.74. The van der Waals surface area contributed by atoms with E-state index < -0.39 is 0 Å². The Labute approximate surface area is 101 Å². The van der Waals surface area contributed by atoms with Crippen LogP contribution in [0.4, 0.5) is 5.69 Å². The molecule has 0 saturated carbocycles. The number of hydrogen-bond acceptors (Lipinski definition) is 3. The molecular weight excluding hydrogens is 212 g/mol. The van der Waals surface area contributed by atoms with Crippen molar-refractivity contribution >= 4 is 16.7 Å². The van der Waals surface area contributed by atoms with Gasteiger partial charge in [-0.05, 0) is 44.0 Å². The van der Waals surface area contributed by atoms with Crippen molar-refractivity contribution in [2.45, 2.75) is 12.8 Å². The fraction of sp³-hybridized carbons (Fsp3) is 0.429. The van der Waals surface area contributed by atoms with Gasteiger partial charge < -0.3 is 15.1 Å². The summed E-state index contributed by atoms with van der Waals surface area (Å²) in [5.74, 6) is 0.734. The van der Waals surface area contributed by atoms with Crippen LogP contribution in [0, 0.1) is 5.92 Å². The lowest BCUT2D eigenvalue weighted by Crippen LogP contribution is -2.33. The lowest BCUT2D eigenvalue weighted by molar-refractivity contribution is 0.393. The number of nitrogens with one attached hydrogen (secondary N) is 2. The minimum atomic E-state index is 0.734. The predicted molar refractivity (Wildman–Crippen MR) is 70.3 cm³/mol. The summed E-state index contributed by atoms with van der Waals surface area (Å²) in [6, 6.07) is 8.15. The lowest BCUT2D eigenvalue weighted by Gasteiger charge is -2.23. The van der Waals surface area contributed by atoms with Gasteiger partial charge in [0, 0.05) is 11.9 Å². The highest BCUT2D eigenvalue weighted by Crippen LogP contribution is 2.25. The molecule has 0 spiro atoms. The van der Waals surface area contributed by atoms with Gasteiger partial charge >= 0.3 is 0 Å². The number of anilines is 1. The first-order valence-electron chi connectivity index (χ1n) is 6.34. The van der Waals surface area contributed by atoms with E-state index in [1.54, 1.807) is 0 Å². The van der Waals surface area contributed by atoms with E-state index in [-0.39, 0.29) is 0 Å². The number of benzene rings is 1. The van der Waals surface area contributed by atoms with Crippen molar-refractivity contribution in [3.05, 3.63) is 30.5 Å². The van der Waals surface area contributed by atoms with Crippen molar-refractivity contribution in [3.8, 4) is 0 Å². The van der Waals surface area contributed by atoms with Crippen LogP contribution in [0.2, 0.25) is 0 Å². The molecule has 0 aliphatic carbocycles. The van der Waals surface area contributed by atoms with Crippen molar-refractivity contribution in [1.82, 2.24) is 5.32 Å². The molecule has 1 aromatic heterocycles. The fourth-order valence-electron chi connectivity index (χ4n) is 2.47. The van der Waals surface area contributed by atoms with E-state index in [0.29, 0.717) is 0 Å². The zero-order chi connectivity index (χ0) is 11.5. The Morgan fingerprint density at radius 2 is 2.29 bits per heavy atom. The Balaban J connectivity index is 1.68. The Kier molecular flexibility index (Phi) is 3.01. The third-order valence-electron chi connectivity index (χ3n) is 3.46. The van der Waals surface area contributed by atoms with Crippen LogP contribution in [0.5, 0.6) is 0 Å². The SMILES string of the molecule is c1ccc2c(NCC3CCCNC3)coc2c1. The van der Waals surface area contributed by atoms with Crippen LogP contribution in [0.1, 0.15) is 12.8 Å². The normalized spacial score (nSPS) is 20.6. The molecule has 2 aromatic rings. The zero-order valence-electron chi connectivity index (χ0n) is 9.91. The molecule has 1 atom stereocenters. The van der Waals surface area contributed by atoms with Crippen LogP contribution in [0.3, 0.4) is 0 Å². The lowest BCUT2D eigenvalue weighted by atomic mass is 10.00. The van der Waals surface area contributed by atoms with Crippen LogP contribution in [0.15, 0.2) is 34.9 Å². The monoisotopic (exact) mass is 230 g/mol. The molecule has 1 aliphatic rings. The predicted octanol–water partition coefficient (Wildman–Crippen LogP) is 2.84. The van der Waals surface area contributed by atoms with Crippen molar-refractivity contribution in [2.24, 2.45) is 5.92 Å². The molecule has 3 rings (SSSR count). The summed E-state index contributed by atoms with van der Waals surface area (Å²) in [5.41, 5.74) is 2.07.